The van der Waals surface area contributed by atoms with Gasteiger partial charge < -0.3 is 15.7 Å². The number of aromatic nitrogens is 4. The Bertz CT molecular complexity index is 565. The summed E-state index contributed by atoms with van der Waals surface area (Å²) in [5.41, 5.74) is 0.701. The zero-order valence-electron chi connectivity index (χ0n) is 12.2. The van der Waals surface area contributed by atoms with E-state index in [1.165, 1.54) is 0 Å². The Morgan fingerprint density at radius 3 is 2.80 bits per heavy atom. The Labute approximate surface area is 118 Å². The molecule has 0 aliphatic rings. The second kappa shape index (κ2) is 6.04. The van der Waals surface area contributed by atoms with Crippen LogP contribution in [0.15, 0.2) is 6.20 Å². The third-order valence-electron chi connectivity index (χ3n) is 3.17. The quantitative estimate of drug-likeness (QED) is 0.614. The largest absolute Gasteiger partial charge is 0.396 e. The van der Waals surface area contributed by atoms with E-state index in [2.05, 4.69) is 44.6 Å². The molecule has 0 bridgehead atoms. The number of rotatable bonds is 7. The van der Waals surface area contributed by atoms with E-state index in [0.717, 1.165) is 30.7 Å². The highest BCUT2D eigenvalue weighted by Gasteiger charge is 2.18. The van der Waals surface area contributed by atoms with E-state index in [1.807, 2.05) is 6.92 Å². The zero-order valence-corrected chi connectivity index (χ0v) is 12.2. The van der Waals surface area contributed by atoms with Crippen molar-refractivity contribution in [1.82, 2.24) is 20.2 Å². The maximum atomic E-state index is 9.07. The topological polar surface area (TPSA) is 98.8 Å². The van der Waals surface area contributed by atoms with E-state index < -0.39 is 0 Å². The minimum absolute atomic E-state index is 0.00585. The number of hydrogen-bond donors (Lipinski definition) is 4. The number of nitrogens with one attached hydrogen (secondary N) is 3. The van der Waals surface area contributed by atoms with Crippen molar-refractivity contribution >= 4 is 22.8 Å². The van der Waals surface area contributed by atoms with Crippen LogP contribution in [0.2, 0.25) is 0 Å². The SMILES string of the molecule is CCNc1nc(NCC(C)(C)CCO)c2cn[nH]c2n1. The fourth-order valence-electron chi connectivity index (χ4n) is 1.92. The lowest BCUT2D eigenvalue weighted by molar-refractivity contribution is 0.220. The Morgan fingerprint density at radius 1 is 1.30 bits per heavy atom. The molecule has 0 atom stereocenters. The van der Waals surface area contributed by atoms with E-state index in [-0.39, 0.29) is 12.0 Å². The van der Waals surface area contributed by atoms with E-state index in [1.54, 1.807) is 6.20 Å². The molecule has 0 saturated heterocycles. The van der Waals surface area contributed by atoms with Crippen molar-refractivity contribution in [3.8, 4) is 0 Å². The molecule has 20 heavy (non-hydrogen) atoms. The van der Waals surface area contributed by atoms with Crippen molar-refractivity contribution in [2.24, 2.45) is 5.41 Å². The predicted molar refractivity (Wildman–Crippen MR) is 79.8 cm³/mol. The highest BCUT2D eigenvalue weighted by Crippen LogP contribution is 2.24. The maximum Gasteiger partial charge on any atom is 0.226 e. The van der Waals surface area contributed by atoms with Gasteiger partial charge in [-0.15, -0.1) is 0 Å². The number of nitrogens with zero attached hydrogens (tertiary/aromatic N) is 3. The van der Waals surface area contributed by atoms with Crippen molar-refractivity contribution in [1.29, 1.82) is 0 Å². The summed E-state index contributed by atoms with van der Waals surface area (Å²) in [6, 6.07) is 0. The van der Waals surface area contributed by atoms with E-state index in [9.17, 15) is 0 Å². The molecule has 0 amide bonds. The van der Waals surface area contributed by atoms with Crippen molar-refractivity contribution in [3.63, 3.8) is 0 Å². The first-order valence-electron chi connectivity index (χ1n) is 6.85. The van der Waals surface area contributed by atoms with Crippen LogP contribution in [0.4, 0.5) is 11.8 Å². The third kappa shape index (κ3) is 3.36. The molecular formula is C13H22N6O. The molecule has 0 spiro atoms. The number of H-pyrrole nitrogens is 1. The average Bonchev–Trinajstić information content (AvgIpc) is 2.84. The van der Waals surface area contributed by atoms with Crippen molar-refractivity contribution in [2.45, 2.75) is 27.2 Å². The predicted octanol–water partition coefficient (Wildman–Crippen LogP) is 1.61. The molecule has 0 saturated carbocycles. The maximum absolute atomic E-state index is 9.07. The summed E-state index contributed by atoms with van der Waals surface area (Å²) in [5.74, 6) is 1.33. The van der Waals surface area contributed by atoms with Crippen LogP contribution >= 0.6 is 0 Å². The Balaban J connectivity index is 2.21. The number of anilines is 2. The first kappa shape index (κ1) is 14.5. The standard InChI is InChI=1S/C13H22N6O/c1-4-14-12-17-10(9-7-16-19-11(9)18-12)15-8-13(2,3)5-6-20/h7,20H,4-6,8H2,1-3H3,(H3,14,15,16,17,18,19). The minimum atomic E-state index is -0.00585. The van der Waals surface area contributed by atoms with Gasteiger partial charge >= 0.3 is 0 Å². The Kier molecular flexibility index (Phi) is 4.39. The number of aliphatic hydroxyl groups is 1. The first-order valence-corrected chi connectivity index (χ1v) is 6.85. The molecule has 2 aromatic heterocycles. The van der Waals surface area contributed by atoms with Gasteiger partial charge in [-0.25, -0.2) is 0 Å². The summed E-state index contributed by atoms with van der Waals surface area (Å²) >= 11 is 0. The fraction of sp³-hybridized carbons (Fsp3) is 0.615. The third-order valence-corrected chi connectivity index (χ3v) is 3.17. The normalized spacial score (nSPS) is 11.8. The van der Waals surface area contributed by atoms with Gasteiger partial charge in [-0.1, -0.05) is 13.8 Å². The Morgan fingerprint density at radius 2 is 2.10 bits per heavy atom. The second-order valence-electron chi connectivity index (χ2n) is 5.55. The van der Waals surface area contributed by atoms with Gasteiger partial charge in [0.1, 0.15) is 5.82 Å². The van der Waals surface area contributed by atoms with Crippen LogP contribution in [0, 0.1) is 5.41 Å². The van der Waals surface area contributed by atoms with Crippen molar-refractivity contribution < 1.29 is 5.11 Å². The van der Waals surface area contributed by atoms with Crippen LogP contribution in [0.1, 0.15) is 27.2 Å². The summed E-state index contributed by atoms with van der Waals surface area (Å²) in [7, 11) is 0. The highest BCUT2D eigenvalue weighted by molar-refractivity contribution is 5.86. The molecule has 0 aliphatic heterocycles. The number of aromatic amines is 1. The molecule has 0 radical (unpaired) electrons. The molecule has 0 aliphatic carbocycles. The molecule has 0 aromatic carbocycles. The lowest BCUT2D eigenvalue weighted by atomic mass is 9.90. The summed E-state index contributed by atoms with van der Waals surface area (Å²) in [6.45, 7) is 7.87. The summed E-state index contributed by atoms with van der Waals surface area (Å²) < 4.78 is 0. The van der Waals surface area contributed by atoms with Gasteiger partial charge in [0.05, 0.1) is 11.6 Å². The molecule has 2 heterocycles. The van der Waals surface area contributed by atoms with Crippen LogP contribution in [-0.2, 0) is 0 Å². The first-order chi connectivity index (χ1) is 9.55. The molecular weight excluding hydrogens is 256 g/mol. The molecule has 0 fully saturated rings. The number of fused-ring (bicyclic) bond motifs is 1. The molecule has 4 N–H and O–H groups in total. The summed E-state index contributed by atoms with van der Waals surface area (Å²) in [4.78, 5) is 8.82. The zero-order chi connectivity index (χ0) is 14.6. The Hall–Kier alpha value is -1.89. The molecule has 2 aromatic rings. The molecule has 0 unspecified atom stereocenters. The van der Waals surface area contributed by atoms with Gasteiger partial charge in [0, 0.05) is 19.7 Å². The van der Waals surface area contributed by atoms with Gasteiger partial charge in [0.2, 0.25) is 5.95 Å². The monoisotopic (exact) mass is 278 g/mol. The fourth-order valence-corrected chi connectivity index (χ4v) is 1.92. The van der Waals surface area contributed by atoms with Gasteiger partial charge in [0.15, 0.2) is 5.65 Å². The minimum Gasteiger partial charge on any atom is -0.396 e. The van der Waals surface area contributed by atoms with Crippen LogP contribution in [0.5, 0.6) is 0 Å². The number of hydrogen-bond acceptors (Lipinski definition) is 6. The highest BCUT2D eigenvalue weighted by atomic mass is 16.3. The summed E-state index contributed by atoms with van der Waals surface area (Å²) in [6.07, 6.45) is 2.45. The molecule has 7 heteroatoms. The second-order valence-corrected chi connectivity index (χ2v) is 5.55. The van der Waals surface area contributed by atoms with Crippen LogP contribution in [0.3, 0.4) is 0 Å². The van der Waals surface area contributed by atoms with E-state index in [0.29, 0.717) is 11.6 Å². The number of aliphatic hydroxyl groups excluding tert-OH is 1. The van der Waals surface area contributed by atoms with Gasteiger partial charge in [-0.3, -0.25) is 5.10 Å². The van der Waals surface area contributed by atoms with Crippen LogP contribution in [-0.4, -0.2) is 45.0 Å². The lowest BCUT2D eigenvalue weighted by Gasteiger charge is -2.24. The molecule has 2 rings (SSSR count). The van der Waals surface area contributed by atoms with Crippen LogP contribution in [0.25, 0.3) is 11.0 Å². The van der Waals surface area contributed by atoms with Crippen molar-refractivity contribution in [3.05, 3.63) is 6.20 Å². The van der Waals surface area contributed by atoms with E-state index >= 15 is 0 Å². The van der Waals surface area contributed by atoms with Crippen molar-refractivity contribution in [2.75, 3.05) is 30.3 Å². The average molecular weight is 278 g/mol. The van der Waals surface area contributed by atoms with Gasteiger partial charge in [-0.2, -0.15) is 15.1 Å². The van der Waals surface area contributed by atoms with Crippen LogP contribution < -0.4 is 10.6 Å². The van der Waals surface area contributed by atoms with Gasteiger partial charge in [-0.05, 0) is 18.8 Å². The molecule has 110 valence electrons. The molecule has 7 nitrogen and oxygen atoms in total. The lowest BCUT2D eigenvalue weighted by Crippen LogP contribution is -2.24. The smallest absolute Gasteiger partial charge is 0.226 e. The van der Waals surface area contributed by atoms with E-state index in [4.69, 9.17) is 5.11 Å². The van der Waals surface area contributed by atoms with Gasteiger partial charge in [0.25, 0.3) is 0 Å². The summed E-state index contributed by atoms with van der Waals surface area (Å²) in [5, 5.41) is 23.2.